The van der Waals surface area contributed by atoms with Crippen LogP contribution < -0.4 is 0 Å². The van der Waals surface area contributed by atoms with Crippen molar-refractivity contribution in [3.8, 4) is 0 Å². The second kappa shape index (κ2) is 5.78. The zero-order valence-corrected chi connectivity index (χ0v) is 16.7. The molecular weight excluding hydrogens is 328 g/mol. The lowest BCUT2D eigenvalue weighted by atomic mass is 9.43. The normalized spacial score (nSPS) is 59.3. The fourth-order valence-electron chi connectivity index (χ4n) is 8.44. The second-order valence-electron chi connectivity index (χ2n) is 10.7. The lowest BCUT2D eigenvalue weighted by molar-refractivity contribution is -0.203. The quantitative estimate of drug-likeness (QED) is 0.668. The van der Waals surface area contributed by atoms with Gasteiger partial charge in [-0.1, -0.05) is 20.8 Å². The van der Waals surface area contributed by atoms with Gasteiger partial charge < -0.3 is 15.3 Å². The lowest BCUT2D eigenvalue weighted by Gasteiger charge is -2.62. The molecule has 0 aromatic heterocycles. The van der Waals surface area contributed by atoms with Gasteiger partial charge in [0.05, 0.1) is 12.2 Å². The van der Waals surface area contributed by atoms with Crippen LogP contribution in [0.2, 0.25) is 0 Å². The first-order chi connectivity index (χ1) is 12.1. The molecule has 0 saturated heterocycles. The van der Waals surface area contributed by atoms with Crippen LogP contribution in [0.4, 0.5) is 0 Å². The zero-order valence-electron chi connectivity index (χ0n) is 16.7. The summed E-state index contributed by atoms with van der Waals surface area (Å²) in [5.41, 5.74) is -1.77. The molecule has 3 N–H and O–H groups in total. The van der Waals surface area contributed by atoms with Crippen molar-refractivity contribution >= 4 is 5.78 Å². The fraction of sp³-hybridized carbons (Fsp3) is 0.955. The first kappa shape index (κ1) is 18.9. The van der Waals surface area contributed by atoms with Crippen LogP contribution in [0.5, 0.6) is 0 Å². The molecule has 4 aliphatic carbocycles. The van der Waals surface area contributed by atoms with Crippen LogP contribution in [0.3, 0.4) is 0 Å². The van der Waals surface area contributed by atoms with Gasteiger partial charge in [-0.05, 0) is 86.9 Å². The summed E-state index contributed by atoms with van der Waals surface area (Å²) >= 11 is 0. The van der Waals surface area contributed by atoms with Gasteiger partial charge in [-0.15, -0.1) is 0 Å². The minimum atomic E-state index is -1.32. The molecule has 0 radical (unpaired) electrons. The zero-order chi connectivity index (χ0) is 19.1. The maximum atomic E-state index is 12.5. The molecule has 26 heavy (non-hydrogen) atoms. The molecular formula is C22H36O4. The average molecular weight is 365 g/mol. The molecule has 0 heterocycles. The van der Waals surface area contributed by atoms with Crippen molar-refractivity contribution in [2.24, 2.45) is 40.4 Å². The third-order valence-electron chi connectivity index (χ3n) is 9.69. The molecule has 0 aromatic rings. The summed E-state index contributed by atoms with van der Waals surface area (Å²) in [6.45, 7) is 7.92. The van der Waals surface area contributed by atoms with E-state index in [0.29, 0.717) is 24.2 Å². The van der Waals surface area contributed by atoms with E-state index in [4.69, 9.17) is 0 Å². The van der Waals surface area contributed by atoms with Gasteiger partial charge in [-0.2, -0.15) is 0 Å². The molecule has 4 rings (SSSR count). The van der Waals surface area contributed by atoms with E-state index in [1.807, 2.05) is 6.92 Å². The monoisotopic (exact) mass is 364 g/mol. The van der Waals surface area contributed by atoms with Crippen LogP contribution >= 0.6 is 0 Å². The van der Waals surface area contributed by atoms with Crippen molar-refractivity contribution in [3.05, 3.63) is 0 Å². The lowest BCUT2D eigenvalue weighted by Crippen LogP contribution is -2.63. The molecule has 0 amide bonds. The highest BCUT2D eigenvalue weighted by Crippen LogP contribution is 2.69. The van der Waals surface area contributed by atoms with Crippen LogP contribution in [0.15, 0.2) is 0 Å². The van der Waals surface area contributed by atoms with Crippen molar-refractivity contribution in [2.45, 2.75) is 90.4 Å². The predicted molar refractivity (Wildman–Crippen MR) is 99.3 cm³/mol. The largest absolute Gasteiger partial charge is 0.393 e. The Morgan fingerprint density at radius 2 is 1.77 bits per heavy atom. The molecule has 4 nitrogen and oxygen atoms in total. The van der Waals surface area contributed by atoms with E-state index in [0.717, 1.165) is 38.5 Å². The minimum Gasteiger partial charge on any atom is -0.393 e. The van der Waals surface area contributed by atoms with Crippen molar-refractivity contribution in [3.63, 3.8) is 0 Å². The van der Waals surface area contributed by atoms with Gasteiger partial charge in [-0.3, -0.25) is 4.79 Å². The fourth-order valence-corrected chi connectivity index (χ4v) is 8.44. The maximum Gasteiger partial charge on any atom is 0.162 e. The Morgan fingerprint density at radius 3 is 2.42 bits per heavy atom. The summed E-state index contributed by atoms with van der Waals surface area (Å²) in [7, 11) is 0. The summed E-state index contributed by atoms with van der Waals surface area (Å²) in [5, 5.41) is 32.9. The first-order valence-electron chi connectivity index (χ1n) is 10.6. The van der Waals surface area contributed by atoms with Gasteiger partial charge in [0, 0.05) is 5.41 Å². The van der Waals surface area contributed by atoms with Crippen molar-refractivity contribution < 1.29 is 20.1 Å². The molecule has 148 valence electrons. The highest BCUT2D eigenvalue weighted by Gasteiger charge is 2.70. The van der Waals surface area contributed by atoms with Crippen LogP contribution in [-0.4, -0.2) is 38.9 Å². The third-order valence-corrected chi connectivity index (χ3v) is 9.69. The molecule has 0 aliphatic heterocycles. The summed E-state index contributed by atoms with van der Waals surface area (Å²) in [5.74, 6) is 1.19. The van der Waals surface area contributed by atoms with E-state index in [1.165, 1.54) is 6.92 Å². The number of carbonyl (C=O) groups is 1. The molecule has 4 aliphatic rings. The first-order valence-corrected chi connectivity index (χ1v) is 10.6. The molecule has 4 heteroatoms. The van der Waals surface area contributed by atoms with Crippen LogP contribution in [-0.2, 0) is 4.79 Å². The van der Waals surface area contributed by atoms with Gasteiger partial charge in [0.2, 0.25) is 0 Å². The summed E-state index contributed by atoms with van der Waals surface area (Å²) in [4.78, 5) is 12.5. The van der Waals surface area contributed by atoms with E-state index < -0.39 is 17.1 Å². The molecule has 0 bridgehead atoms. The molecule has 4 saturated carbocycles. The number of Topliss-reactive ketones (excluding diaryl/α,β-unsaturated/α-hetero) is 1. The van der Waals surface area contributed by atoms with E-state index in [9.17, 15) is 20.1 Å². The predicted octanol–water partition coefficient (Wildman–Crippen LogP) is 2.93. The second-order valence-corrected chi connectivity index (χ2v) is 10.7. The third kappa shape index (κ3) is 2.15. The molecule has 0 spiro atoms. The van der Waals surface area contributed by atoms with Gasteiger partial charge in [-0.25, -0.2) is 0 Å². The van der Waals surface area contributed by atoms with Crippen LogP contribution in [0.25, 0.3) is 0 Å². The maximum absolute atomic E-state index is 12.5. The molecule has 4 fully saturated rings. The van der Waals surface area contributed by atoms with E-state index in [1.54, 1.807) is 0 Å². The summed E-state index contributed by atoms with van der Waals surface area (Å²) in [6, 6.07) is 0. The number of aliphatic hydroxyl groups is 3. The summed E-state index contributed by atoms with van der Waals surface area (Å²) < 4.78 is 0. The highest BCUT2D eigenvalue weighted by atomic mass is 16.3. The number of hydrogen-bond acceptors (Lipinski definition) is 4. The number of aliphatic hydroxyl groups excluding tert-OH is 2. The van der Waals surface area contributed by atoms with E-state index in [-0.39, 0.29) is 29.1 Å². The standard InChI is InChI=1S/C22H36O4/c1-12-9-17-16-6-5-14-10-15(24)7-8-20(14,3)19(16)18(25)11-21(17,4)22(12,26)13(2)23/h12,14-19,24-26H,5-11H2,1-4H3/t12-,14+,15+,16-,17-,18+,19+,20-,21-,22-/m0/s1. The SMILES string of the molecule is CC(=O)[C@@]1(O)[C@@H](C)C[C@H]2[C@@H]3CC[C@@H]4C[C@H](O)CC[C@]4(C)[C@H]3[C@H](O)C[C@@]21C. The molecule has 0 aromatic carbocycles. The van der Waals surface area contributed by atoms with Gasteiger partial charge in [0.25, 0.3) is 0 Å². The molecule has 0 unspecified atom stereocenters. The highest BCUT2D eigenvalue weighted by molar-refractivity contribution is 5.86. The van der Waals surface area contributed by atoms with Crippen LogP contribution in [0.1, 0.15) is 72.6 Å². The van der Waals surface area contributed by atoms with Crippen molar-refractivity contribution in [2.75, 3.05) is 0 Å². The summed E-state index contributed by atoms with van der Waals surface area (Å²) in [6.07, 6.45) is 5.56. The number of rotatable bonds is 1. The van der Waals surface area contributed by atoms with Gasteiger partial charge >= 0.3 is 0 Å². The van der Waals surface area contributed by atoms with Crippen molar-refractivity contribution in [1.82, 2.24) is 0 Å². The van der Waals surface area contributed by atoms with Gasteiger partial charge in [0.15, 0.2) is 5.78 Å². The van der Waals surface area contributed by atoms with Crippen LogP contribution in [0, 0.1) is 40.4 Å². The Kier molecular flexibility index (Phi) is 4.20. The number of hydrogen-bond donors (Lipinski definition) is 3. The van der Waals surface area contributed by atoms with Crippen molar-refractivity contribution in [1.29, 1.82) is 0 Å². The number of carbonyl (C=O) groups excluding carboxylic acids is 1. The Bertz CT molecular complexity index is 605. The Labute approximate surface area is 157 Å². The van der Waals surface area contributed by atoms with E-state index in [2.05, 4.69) is 13.8 Å². The topological polar surface area (TPSA) is 77.8 Å². The minimum absolute atomic E-state index is 0.0559. The number of ketones is 1. The molecule has 10 atom stereocenters. The Balaban J connectivity index is 1.73. The Hall–Kier alpha value is -0.450. The smallest absolute Gasteiger partial charge is 0.162 e. The Morgan fingerprint density at radius 1 is 1.08 bits per heavy atom. The van der Waals surface area contributed by atoms with E-state index >= 15 is 0 Å². The average Bonchev–Trinajstić information content (AvgIpc) is 2.76. The van der Waals surface area contributed by atoms with Gasteiger partial charge in [0.1, 0.15) is 5.60 Å². The number of fused-ring (bicyclic) bond motifs is 5.